The van der Waals surface area contributed by atoms with Crippen LogP contribution in [0.15, 0.2) is 18.2 Å². The van der Waals surface area contributed by atoms with Crippen molar-refractivity contribution < 1.29 is 24.9 Å². The van der Waals surface area contributed by atoms with Crippen molar-refractivity contribution in [3.05, 3.63) is 23.8 Å². The zero-order chi connectivity index (χ0) is 14.8. The molecular formula is C13H17NO5. The van der Waals surface area contributed by atoms with Crippen LogP contribution in [-0.4, -0.2) is 33.2 Å². The molecule has 0 fully saturated rings. The van der Waals surface area contributed by atoms with Gasteiger partial charge in [0.2, 0.25) is 0 Å². The summed E-state index contributed by atoms with van der Waals surface area (Å²) in [4.78, 5) is 23.0. The molecule has 0 aliphatic rings. The quantitative estimate of drug-likeness (QED) is 0.661. The Morgan fingerprint density at radius 3 is 1.95 bits per heavy atom. The first kappa shape index (κ1) is 14.8. The van der Waals surface area contributed by atoms with Crippen LogP contribution in [0.2, 0.25) is 0 Å². The Bertz CT molecular complexity index is 484. The number of carbonyl (C=O) groups is 2. The number of hydrogen-bond donors (Lipinski definition) is 4. The number of aromatic hydroxyl groups is 2. The number of benzene rings is 1. The largest absolute Gasteiger partial charge is 0.508 e. The van der Waals surface area contributed by atoms with Crippen LogP contribution in [0.1, 0.15) is 31.1 Å². The zero-order valence-electron chi connectivity index (χ0n) is 11.0. The molecule has 1 amide bonds. The van der Waals surface area contributed by atoms with E-state index >= 15 is 0 Å². The van der Waals surface area contributed by atoms with E-state index in [1.807, 2.05) is 0 Å². The molecule has 0 saturated carbocycles. The molecule has 0 aromatic heterocycles. The van der Waals surface area contributed by atoms with E-state index in [9.17, 15) is 19.8 Å². The molecule has 6 heteroatoms. The third-order valence-electron chi connectivity index (χ3n) is 2.55. The van der Waals surface area contributed by atoms with Crippen molar-refractivity contribution in [2.24, 2.45) is 5.41 Å². The van der Waals surface area contributed by atoms with Crippen LogP contribution in [0.25, 0.3) is 0 Å². The first-order valence-corrected chi connectivity index (χ1v) is 5.68. The van der Waals surface area contributed by atoms with Crippen molar-refractivity contribution in [3.63, 3.8) is 0 Å². The number of phenolic OH excluding ortho intramolecular Hbond substituents is 2. The van der Waals surface area contributed by atoms with Gasteiger partial charge in [-0.15, -0.1) is 0 Å². The average molecular weight is 267 g/mol. The van der Waals surface area contributed by atoms with Crippen molar-refractivity contribution in [1.82, 2.24) is 5.32 Å². The van der Waals surface area contributed by atoms with Gasteiger partial charge in [0.05, 0.1) is 0 Å². The van der Waals surface area contributed by atoms with Gasteiger partial charge in [-0.1, -0.05) is 20.8 Å². The molecule has 1 rings (SSSR count). The first-order valence-electron chi connectivity index (χ1n) is 5.68. The summed E-state index contributed by atoms with van der Waals surface area (Å²) in [6.45, 7) is 5.06. The van der Waals surface area contributed by atoms with E-state index < -0.39 is 23.3 Å². The van der Waals surface area contributed by atoms with E-state index in [0.717, 1.165) is 18.2 Å². The molecule has 0 aliphatic carbocycles. The summed E-state index contributed by atoms with van der Waals surface area (Å²) in [6, 6.07) is 2.30. The standard InChI is InChI=1S/C13H17NO5/c1-13(2,3)10(12(18)19)14-11(17)7-4-8(15)6-9(16)5-7/h4-6,10,15-16H,1-3H3,(H,14,17)(H,18,19)/t10-/m0/s1. The number of hydrogen-bond acceptors (Lipinski definition) is 4. The maximum Gasteiger partial charge on any atom is 0.326 e. The van der Waals surface area contributed by atoms with Gasteiger partial charge in [0.25, 0.3) is 5.91 Å². The molecule has 0 radical (unpaired) electrons. The number of carboxylic acids is 1. The number of carboxylic acid groups (broad SMARTS) is 1. The van der Waals surface area contributed by atoms with Gasteiger partial charge in [-0.3, -0.25) is 4.79 Å². The maximum atomic E-state index is 11.9. The smallest absolute Gasteiger partial charge is 0.326 e. The fourth-order valence-electron chi connectivity index (χ4n) is 1.59. The van der Waals surface area contributed by atoms with E-state index in [1.54, 1.807) is 20.8 Å². The Kier molecular flexibility index (Phi) is 4.04. The lowest BCUT2D eigenvalue weighted by Gasteiger charge is -2.27. The lowest BCUT2D eigenvalue weighted by atomic mass is 9.86. The van der Waals surface area contributed by atoms with Gasteiger partial charge >= 0.3 is 5.97 Å². The molecule has 0 saturated heterocycles. The Hall–Kier alpha value is -2.24. The minimum Gasteiger partial charge on any atom is -0.508 e. The van der Waals surface area contributed by atoms with Crippen molar-refractivity contribution in [2.45, 2.75) is 26.8 Å². The summed E-state index contributed by atoms with van der Waals surface area (Å²) in [5.41, 5.74) is -0.673. The molecule has 6 nitrogen and oxygen atoms in total. The van der Waals surface area contributed by atoms with Gasteiger partial charge < -0.3 is 20.6 Å². The highest BCUT2D eigenvalue weighted by Crippen LogP contribution is 2.22. The number of nitrogens with one attached hydrogen (secondary N) is 1. The Labute approximate surface area is 110 Å². The summed E-state index contributed by atoms with van der Waals surface area (Å²) in [7, 11) is 0. The first-order chi connectivity index (χ1) is 8.61. The average Bonchev–Trinajstić information content (AvgIpc) is 2.21. The van der Waals surface area contributed by atoms with Crippen LogP contribution in [-0.2, 0) is 4.79 Å². The highest BCUT2D eigenvalue weighted by molar-refractivity contribution is 5.97. The number of aliphatic carboxylic acids is 1. The molecular weight excluding hydrogens is 250 g/mol. The van der Waals surface area contributed by atoms with Crippen LogP contribution in [0.5, 0.6) is 11.5 Å². The predicted octanol–water partition coefficient (Wildman–Crippen LogP) is 1.33. The van der Waals surface area contributed by atoms with Crippen LogP contribution in [0.4, 0.5) is 0 Å². The van der Waals surface area contributed by atoms with E-state index in [4.69, 9.17) is 5.11 Å². The van der Waals surface area contributed by atoms with Crippen molar-refractivity contribution in [2.75, 3.05) is 0 Å². The second-order valence-corrected chi connectivity index (χ2v) is 5.35. The maximum absolute atomic E-state index is 11.9. The molecule has 0 bridgehead atoms. The van der Waals surface area contributed by atoms with Gasteiger partial charge in [-0.05, 0) is 17.5 Å². The third kappa shape index (κ3) is 3.87. The zero-order valence-corrected chi connectivity index (χ0v) is 11.0. The number of carbonyl (C=O) groups excluding carboxylic acids is 1. The molecule has 0 aliphatic heterocycles. The van der Waals surface area contributed by atoms with E-state index in [-0.39, 0.29) is 17.1 Å². The molecule has 0 spiro atoms. The molecule has 0 unspecified atom stereocenters. The predicted molar refractivity (Wildman–Crippen MR) is 68.1 cm³/mol. The van der Waals surface area contributed by atoms with E-state index in [1.165, 1.54) is 0 Å². The van der Waals surface area contributed by atoms with Crippen LogP contribution < -0.4 is 5.32 Å². The molecule has 1 atom stereocenters. The normalized spacial score (nSPS) is 12.8. The highest BCUT2D eigenvalue weighted by atomic mass is 16.4. The number of amides is 1. The summed E-state index contributed by atoms with van der Waals surface area (Å²) in [6.07, 6.45) is 0. The van der Waals surface area contributed by atoms with Crippen molar-refractivity contribution in [3.8, 4) is 11.5 Å². The second kappa shape index (κ2) is 5.17. The fourth-order valence-corrected chi connectivity index (χ4v) is 1.59. The second-order valence-electron chi connectivity index (χ2n) is 5.35. The molecule has 0 heterocycles. The summed E-state index contributed by atoms with van der Waals surface area (Å²) in [5, 5.41) is 30.0. The Morgan fingerprint density at radius 2 is 1.58 bits per heavy atom. The number of rotatable bonds is 3. The lowest BCUT2D eigenvalue weighted by molar-refractivity contribution is -0.142. The van der Waals surface area contributed by atoms with Gasteiger partial charge in [0, 0.05) is 11.6 Å². The highest BCUT2D eigenvalue weighted by Gasteiger charge is 2.32. The Morgan fingerprint density at radius 1 is 1.11 bits per heavy atom. The minimum absolute atomic E-state index is 0.00648. The Balaban J connectivity index is 2.97. The van der Waals surface area contributed by atoms with Gasteiger partial charge in [-0.2, -0.15) is 0 Å². The molecule has 104 valence electrons. The fraction of sp³-hybridized carbons (Fsp3) is 0.385. The van der Waals surface area contributed by atoms with Gasteiger partial charge in [0.1, 0.15) is 17.5 Å². The van der Waals surface area contributed by atoms with Crippen molar-refractivity contribution >= 4 is 11.9 Å². The van der Waals surface area contributed by atoms with Crippen LogP contribution in [0.3, 0.4) is 0 Å². The number of phenols is 2. The minimum atomic E-state index is -1.15. The third-order valence-corrected chi connectivity index (χ3v) is 2.55. The van der Waals surface area contributed by atoms with Crippen LogP contribution >= 0.6 is 0 Å². The molecule has 4 N–H and O–H groups in total. The summed E-state index contributed by atoms with van der Waals surface area (Å²) >= 11 is 0. The topological polar surface area (TPSA) is 107 Å². The van der Waals surface area contributed by atoms with Gasteiger partial charge in [-0.25, -0.2) is 4.79 Å². The van der Waals surface area contributed by atoms with Gasteiger partial charge in [0.15, 0.2) is 0 Å². The SMILES string of the molecule is CC(C)(C)[C@@H](NC(=O)c1cc(O)cc(O)c1)C(=O)O. The lowest BCUT2D eigenvalue weighted by Crippen LogP contribution is -2.49. The van der Waals surface area contributed by atoms with E-state index in [0.29, 0.717) is 0 Å². The monoisotopic (exact) mass is 267 g/mol. The van der Waals surface area contributed by atoms with Crippen molar-refractivity contribution in [1.29, 1.82) is 0 Å². The summed E-state index contributed by atoms with van der Waals surface area (Å²) < 4.78 is 0. The molecule has 1 aromatic rings. The van der Waals surface area contributed by atoms with Crippen LogP contribution in [0, 0.1) is 5.41 Å². The van der Waals surface area contributed by atoms with E-state index in [2.05, 4.69) is 5.32 Å². The molecule has 19 heavy (non-hydrogen) atoms. The summed E-state index contributed by atoms with van der Waals surface area (Å²) in [5.74, 6) is -2.36. The molecule has 1 aromatic carbocycles.